The first-order valence-corrected chi connectivity index (χ1v) is 9.42. The van der Waals surface area contributed by atoms with Crippen LogP contribution in [0.4, 0.5) is 5.69 Å². The molecule has 7 heteroatoms. The van der Waals surface area contributed by atoms with Crippen LogP contribution >= 0.6 is 23.4 Å². The number of nitrogens with zero attached hydrogens (tertiary/aromatic N) is 2. The molecule has 134 valence electrons. The van der Waals surface area contributed by atoms with Crippen molar-refractivity contribution in [1.29, 1.82) is 0 Å². The van der Waals surface area contributed by atoms with Crippen LogP contribution in [-0.4, -0.2) is 26.3 Å². The zero-order valence-corrected chi connectivity index (χ0v) is 16.3. The third kappa shape index (κ3) is 4.26. The van der Waals surface area contributed by atoms with E-state index in [1.807, 2.05) is 57.2 Å². The summed E-state index contributed by atoms with van der Waals surface area (Å²) in [7, 11) is 0. The molecule has 1 atom stereocenters. The number of rotatable bonds is 5. The van der Waals surface area contributed by atoms with Crippen LogP contribution in [0, 0.1) is 13.8 Å². The number of benzene rings is 2. The Bertz CT molecular complexity index is 924. The molecule has 0 unspecified atom stereocenters. The summed E-state index contributed by atoms with van der Waals surface area (Å²) in [5.74, 6) is 0.563. The van der Waals surface area contributed by atoms with Gasteiger partial charge in [-0.25, -0.2) is 4.98 Å². The minimum Gasteiger partial charge on any atom is -0.325 e. The van der Waals surface area contributed by atoms with Gasteiger partial charge in [0.2, 0.25) is 11.1 Å². The van der Waals surface area contributed by atoms with Crippen molar-refractivity contribution in [2.24, 2.45) is 0 Å². The smallest absolute Gasteiger partial charge is 0.237 e. The highest BCUT2D eigenvalue weighted by Crippen LogP contribution is 2.26. The number of thioether (sulfide) groups is 1. The number of nitrogens with one attached hydrogen (secondary N) is 2. The maximum atomic E-state index is 12.5. The van der Waals surface area contributed by atoms with Gasteiger partial charge in [0, 0.05) is 16.3 Å². The molecular weight excluding hydrogens is 368 g/mol. The van der Waals surface area contributed by atoms with Gasteiger partial charge in [0.15, 0.2) is 5.82 Å². The number of hydrogen-bond donors (Lipinski definition) is 2. The first-order chi connectivity index (χ1) is 12.4. The van der Waals surface area contributed by atoms with Crippen molar-refractivity contribution in [3.63, 3.8) is 0 Å². The highest BCUT2D eigenvalue weighted by atomic mass is 35.5. The molecule has 1 aromatic heterocycles. The number of hydrogen-bond acceptors (Lipinski definition) is 4. The van der Waals surface area contributed by atoms with Crippen molar-refractivity contribution >= 4 is 35.0 Å². The zero-order valence-electron chi connectivity index (χ0n) is 14.7. The van der Waals surface area contributed by atoms with Crippen LogP contribution in [0.5, 0.6) is 0 Å². The van der Waals surface area contributed by atoms with Crippen LogP contribution in [0.25, 0.3) is 11.4 Å². The van der Waals surface area contributed by atoms with Gasteiger partial charge in [-0.2, -0.15) is 0 Å². The summed E-state index contributed by atoms with van der Waals surface area (Å²) < 4.78 is 0. The Labute approximate surface area is 161 Å². The largest absolute Gasteiger partial charge is 0.325 e. The molecule has 2 N–H and O–H groups in total. The maximum Gasteiger partial charge on any atom is 0.237 e. The van der Waals surface area contributed by atoms with Crippen molar-refractivity contribution in [2.45, 2.75) is 31.2 Å². The number of aromatic nitrogens is 3. The maximum absolute atomic E-state index is 12.5. The molecule has 5 nitrogen and oxygen atoms in total. The molecule has 2 aromatic carbocycles. The minimum absolute atomic E-state index is 0.123. The molecule has 0 bridgehead atoms. The average Bonchev–Trinajstić information content (AvgIpc) is 3.08. The fourth-order valence-electron chi connectivity index (χ4n) is 2.33. The van der Waals surface area contributed by atoms with Gasteiger partial charge in [-0.1, -0.05) is 59.3 Å². The Morgan fingerprint density at radius 3 is 2.65 bits per heavy atom. The van der Waals surface area contributed by atoms with Gasteiger partial charge >= 0.3 is 0 Å². The van der Waals surface area contributed by atoms with Crippen LogP contribution < -0.4 is 5.32 Å². The van der Waals surface area contributed by atoms with E-state index in [-0.39, 0.29) is 11.2 Å². The quantitative estimate of drug-likeness (QED) is 0.614. The Morgan fingerprint density at radius 1 is 1.19 bits per heavy atom. The third-order valence-corrected chi connectivity index (χ3v) is 5.34. The van der Waals surface area contributed by atoms with Gasteiger partial charge in [0.05, 0.1) is 5.25 Å². The van der Waals surface area contributed by atoms with Crippen molar-refractivity contribution in [3.05, 3.63) is 58.6 Å². The summed E-state index contributed by atoms with van der Waals surface area (Å²) in [6.45, 7) is 5.73. The number of H-pyrrole nitrogens is 1. The lowest BCUT2D eigenvalue weighted by atomic mass is 10.1. The first kappa shape index (κ1) is 18.5. The number of carbonyl (C=O) groups is 1. The molecule has 0 saturated heterocycles. The molecule has 0 spiro atoms. The molecule has 0 aliphatic rings. The monoisotopic (exact) mass is 386 g/mol. The topological polar surface area (TPSA) is 70.7 Å². The van der Waals surface area contributed by atoms with E-state index in [1.165, 1.54) is 17.3 Å². The highest BCUT2D eigenvalue weighted by molar-refractivity contribution is 8.00. The standard InChI is InChI=1S/C19H19ClN4OS/c1-11-7-9-14(10-8-11)17-22-19(24-23-17)26-13(3)18(25)21-16-6-4-5-15(20)12(16)2/h4-10,13H,1-3H3,(H,21,25)(H,22,23,24)/t13-/m0/s1. The van der Waals surface area contributed by atoms with Gasteiger partial charge in [-0.3, -0.25) is 9.89 Å². The molecule has 26 heavy (non-hydrogen) atoms. The van der Waals surface area contributed by atoms with Gasteiger partial charge in [0.25, 0.3) is 0 Å². The molecule has 3 rings (SSSR count). The molecule has 1 heterocycles. The molecular formula is C19H19ClN4OS. The van der Waals surface area contributed by atoms with E-state index in [0.29, 0.717) is 21.7 Å². The molecule has 0 saturated carbocycles. The second-order valence-electron chi connectivity index (χ2n) is 5.99. The van der Waals surface area contributed by atoms with Crippen LogP contribution in [-0.2, 0) is 4.79 Å². The average molecular weight is 387 g/mol. The number of halogens is 1. The predicted octanol–water partition coefficient (Wildman–Crippen LogP) is 4.86. The normalized spacial score (nSPS) is 12.0. The SMILES string of the molecule is Cc1ccc(-c2nc(S[C@@H](C)C(=O)Nc3cccc(Cl)c3C)n[nH]2)cc1. The lowest BCUT2D eigenvalue weighted by Crippen LogP contribution is -2.23. The fourth-order valence-corrected chi connectivity index (χ4v) is 3.23. The van der Waals surface area contributed by atoms with E-state index < -0.39 is 0 Å². The van der Waals surface area contributed by atoms with Gasteiger partial charge in [-0.15, -0.1) is 5.10 Å². The van der Waals surface area contributed by atoms with Crippen LogP contribution in [0.2, 0.25) is 5.02 Å². The first-order valence-electron chi connectivity index (χ1n) is 8.16. The summed E-state index contributed by atoms with van der Waals surface area (Å²) in [6, 6.07) is 13.5. The molecule has 0 radical (unpaired) electrons. The van der Waals surface area contributed by atoms with Gasteiger partial charge in [0.1, 0.15) is 0 Å². The third-order valence-electron chi connectivity index (χ3n) is 3.97. The number of amides is 1. The summed E-state index contributed by atoms with van der Waals surface area (Å²) in [4.78, 5) is 16.9. The summed E-state index contributed by atoms with van der Waals surface area (Å²) >= 11 is 7.40. The van der Waals surface area contributed by atoms with Crippen molar-refractivity contribution in [3.8, 4) is 11.4 Å². The van der Waals surface area contributed by atoms with Crippen molar-refractivity contribution in [2.75, 3.05) is 5.32 Å². The lowest BCUT2D eigenvalue weighted by molar-refractivity contribution is -0.115. The van der Waals surface area contributed by atoms with Crippen LogP contribution in [0.15, 0.2) is 47.6 Å². The minimum atomic E-state index is -0.352. The van der Waals surface area contributed by atoms with E-state index in [0.717, 1.165) is 11.1 Å². The van der Waals surface area contributed by atoms with Gasteiger partial charge in [-0.05, 0) is 38.5 Å². The zero-order chi connectivity index (χ0) is 18.7. The van der Waals surface area contributed by atoms with Crippen molar-refractivity contribution in [1.82, 2.24) is 15.2 Å². The second kappa shape index (κ2) is 7.93. The van der Waals surface area contributed by atoms with E-state index in [4.69, 9.17) is 11.6 Å². The molecule has 1 amide bonds. The fraction of sp³-hybridized carbons (Fsp3) is 0.211. The summed E-state index contributed by atoms with van der Waals surface area (Å²) in [5, 5.41) is 10.8. The Morgan fingerprint density at radius 2 is 1.92 bits per heavy atom. The summed E-state index contributed by atoms with van der Waals surface area (Å²) in [6.07, 6.45) is 0. The number of carbonyl (C=O) groups excluding carboxylic acids is 1. The predicted molar refractivity (Wildman–Crippen MR) is 107 cm³/mol. The molecule has 3 aromatic rings. The number of anilines is 1. The van der Waals surface area contributed by atoms with E-state index in [9.17, 15) is 4.79 Å². The highest BCUT2D eigenvalue weighted by Gasteiger charge is 2.18. The lowest BCUT2D eigenvalue weighted by Gasteiger charge is -2.12. The number of aryl methyl sites for hydroxylation is 1. The molecule has 0 aliphatic heterocycles. The van der Waals surface area contributed by atoms with E-state index in [1.54, 1.807) is 6.07 Å². The Kier molecular flexibility index (Phi) is 5.64. The van der Waals surface area contributed by atoms with Crippen LogP contribution in [0.1, 0.15) is 18.1 Å². The van der Waals surface area contributed by atoms with E-state index >= 15 is 0 Å². The van der Waals surface area contributed by atoms with Crippen molar-refractivity contribution < 1.29 is 4.79 Å². The molecule has 0 aliphatic carbocycles. The van der Waals surface area contributed by atoms with E-state index in [2.05, 4.69) is 20.5 Å². The Hall–Kier alpha value is -2.31. The molecule has 0 fully saturated rings. The van der Waals surface area contributed by atoms with Gasteiger partial charge < -0.3 is 5.32 Å². The Balaban J connectivity index is 1.66. The summed E-state index contributed by atoms with van der Waals surface area (Å²) in [5.41, 5.74) is 3.70. The van der Waals surface area contributed by atoms with Crippen LogP contribution in [0.3, 0.4) is 0 Å². The number of aromatic amines is 1. The second-order valence-corrected chi connectivity index (χ2v) is 7.71.